The number of nitrogens with zero attached hydrogens (tertiary/aromatic N) is 4. The molecule has 3 rings (SSSR count). The summed E-state index contributed by atoms with van der Waals surface area (Å²) in [6.07, 6.45) is 0. The lowest BCUT2D eigenvalue weighted by atomic mass is 10.2. The van der Waals surface area contributed by atoms with E-state index in [1.807, 2.05) is 53.1 Å². The molecule has 0 aliphatic carbocycles. The van der Waals surface area contributed by atoms with Crippen LogP contribution in [0.4, 0.5) is 0 Å². The monoisotopic (exact) mass is 402 g/mol. The van der Waals surface area contributed by atoms with Gasteiger partial charge in [-0.25, -0.2) is 0 Å². The van der Waals surface area contributed by atoms with Gasteiger partial charge in [-0.1, -0.05) is 35.5 Å². The summed E-state index contributed by atoms with van der Waals surface area (Å²) >= 11 is 7.38. The van der Waals surface area contributed by atoms with Gasteiger partial charge in [0.15, 0.2) is 11.0 Å². The molecule has 1 heterocycles. The Morgan fingerprint density at radius 3 is 2.59 bits per heavy atom. The standard InChI is InChI=1S/C19H19ClN4O2S/c1-23(2)17(25)12-27-19-22-21-18(13-5-4-6-16(11-13)26-3)24(19)15-9-7-14(20)8-10-15/h4-11H,12H2,1-3H3. The Morgan fingerprint density at radius 1 is 1.19 bits per heavy atom. The Hall–Kier alpha value is -2.51. The molecule has 0 radical (unpaired) electrons. The summed E-state index contributed by atoms with van der Waals surface area (Å²) in [7, 11) is 5.08. The van der Waals surface area contributed by atoms with Gasteiger partial charge in [-0.2, -0.15) is 0 Å². The van der Waals surface area contributed by atoms with Crippen LogP contribution in [0.15, 0.2) is 53.7 Å². The minimum Gasteiger partial charge on any atom is -0.497 e. The lowest BCUT2D eigenvalue weighted by Gasteiger charge is -2.12. The fourth-order valence-electron chi connectivity index (χ4n) is 2.39. The van der Waals surface area contributed by atoms with Crippen LogP contribution in [0.5, 0.6) is 5.75 Å². The molecule has 0 unspecified atom stereocenters. The van der Waals surface area contributed by atoms with E-state index in [0.717, 1.165) is 17.0 Å². The van der Waals surface area contributed by atoms with Crippen molar-refractivity contribution in [3.05, 3.63) is 53.6 Å². The fraction of sp³-hybridized carbons (Fsp3) is 0.211. The summed E-state index contributed by atoms with van der Waals surface area (Å²) in [6.45, 7) is 0. The van der Waals surface area contributed by atoms with Gasteiger partial charge in [0.05, 0.1) is 12.9 Å². The number of methoxy groups -OCH3 is 1. The Bertz CT molecular complexity index is 941. The number of aromatic nitrogens is 3. The molecule has 0 N–H and O–H groups in total. The van der Waals surface area contributed by atoms with Crippen molar-refractivity contribution in [1.29, 1.82) is 0 Å². The molecule has 0 atom stereocenters. The average Bonchev–Trinajstić information content (AvgIpc) is 3.10. The number of benzene rings is 2. The molecule has 27 heavy (non-hydrogen) atoms. The SMILES string of the molecule is COc1cccc(-c2nnc(SCC(=O)N(C)C)n2-c2ccc(Cl)cc2)c1. The summed E-state index contributed by atoms with van der Waals surface area (Å²) in [5, 5.41) is 9.95. The summed E-state index contributed by atoms with van der Waals surface area (Å²) < 4.78 is 7.23. The third-order valence-corrected chi connectivity index (χ3v) is 5.04. The maximum atomic E-state index is 12.0. The van der Waals surface area contributed by atoms with E-state index in [9.17, 15) is 4.79 Å². The molecule has 6 nitrogen and oxygen atoms in total. The topological polar surface area (TPSA) is 60.3 Å². The number of rotatable bonds is 6. The molecule has 1 aromatic heterocycles. The maximum absolute atomic E-state index is 12.0. The van der Waals surface area contributed by atoms with Crippen molar-refractivity contribution in [2.45, 2.75) is 5.16 Å². The number of hydrogen-bond acceptors (Lipinski definition) is 5. The van der Waals surface area contributed by atoms with Crippen molar-refractivity contribution in [2.24, 2.45) is 0 Å². The zero-order valence-corrected chi connectivity index (χ0v) is 16.8. The number of halogens is 1. The number of hydrogen-bond donors (Lipinski definition) is 0. The lowest BCUT2D eigenvalue weighted by molar-refractivity contribution is -0.125. The first-order valence-electron chi connectivity index (χ1n) is 8.18. The summed E-state index contributed by atoms with van der Waals surface area (Å²) in [5.41, 5.74) is 1.73. The molecule has 0 bridgehead atoms. The second-order valence-corrected chi connectivity index (χ2v) is 7.31. The number of carbonyl (C=O) groups excluding carboxylic acids is 1. The summed E-state index contributed by atoms with van der Waals surface area (Å²) in [6, 6.07) is 15.0. The van der Waals surface area contributed by atoms with E-state index in [1.165, 1.54) is 11.8 Å². The molecule has 0 spiro atoms. The second kappa shape index (κ2) is 8.45. The van der Waals surface area contributed by atoms with Crippen molar-refractivity contribution in [3.8, 4) is 22.8 Å². The van der Waals surface area contributed by atoms with Crippen LogP contribution >= 0.6 is 23.4 Å². The third-order valence-electron chi connectivity index (χ3n) is 3.87. The van der Waals surface area contributed by atoms with Crippen molar-refractivity contribution >= 4 is 29.3 Å². The highest BCUT2D eigenvalue weighted by Crippen LogP contribution is 2.30. The number of carbonyl (C=O) groups is 1. The van der Waals surface area contributed by atoms with Gasteiger partial charge in [-0.15, -0.1) is 10.2 Å². The smallest absolute Gasteiger partial charge is 0.232 e. The fourth-order valence-corrected chi connectivity index (χ4v) is 3.45. The van der Waals surface area contributed by atoms with Gasteiger partial charge in [-0.05, 0) is 36.4 Å². The molecule has 3 aromatic rings. The highest BCUT2D eigenvalue weighted by Gasteiger charge is 2.18. The van der Waals surface area contributed by atoms with Crippen molar-refractivity contribution in [3.63, 3.8) is 0 Å². The highest BCUT2D eigenvalue weighted by molar-refractivity contribution is 7.99. The van der Waals surface area contributed by atoms with E-state index < -0.39 is 0 Å². The summed E-state index contributed by atoms with van der Waals surface area (Å²) in [4.78, 5) is 13.5. The molecule has 0 aliphatic rings. The van der Waals surface area contributed by atoms with Crippen molar-refractivity contribution in [2.75, 3.05) is 27.0 Å². The van der Waals surface area contributed by atoms with E-state index in [-0.39, 0.29) is 11.7 Å². The normalized spacial score (nSPS) is 10.7. The van der Waals surface area contributed by atoms with Crippen LogP contribution in [0, 0.1) is 0 Å². The Kier molecular flexibility index (Phi) is 6.03. The van der Waals surface area contributed by atoms with Gasteiger partial charge in [-0.3, -0.25) is 9.36 Å². The van der Waals surface area contributed by atoms with E-state index in [2.05, 4.69) is 10.2 Å². The van der Waals surface area contributed by atoms with Crippen LogP contribution in [0.25, 0.3) is 17.1 Å². The Balaban J connectivity index is 2.05. The largest absolute Gasteiger partial charge is 0.497 e. The van der Waals surface area contributed by atoms with Gasteiger partial charge in [0.1, 0.15) is 5.75 Å². The highest BCUT2D eigenvalue weighted by atomic mass is 35.5. The first-order chi connectivity index (χ1) is 13.0. The molecule has 0 saturated heterocycles. The third kappa shape index (κ3) is 4.43. The molecular weight excluding hydrogens is 384 g/mol. The van der Waals surface area contributed by atoms with E-state index in [4.69, 9.17) is 16.3 Å². The summed E-state index contributed by atoms with van der Waals surface area (Å²) in [5.74, 6) is 1.68. The predicted octanol–water partition coefficient (Wildman–Crippen LogP) is 3.78. The van der Waals surface area contributed by atoms with Gasteiger partial charge in [0.25, 0.3) is 0 Å². The molecule has 8 heteroatoms. The van der Waals surface area contributed by atoms with Crippen molar-refractivity contribution < 1.29 is 9.53 Å². The van der Waals surface area contributed by atoms with Gasteiger partial charge >= 0.3 is 0 Å². The first kappa shape index (κ1) is 19.3. The van der Waals surface area contributed by atoms with Gasteiger partial charge < -0.3 is 9.64 Å². The first-order valence-corrected chi connectivity index (χ1v) is 9.54. The quantitative estimate of drug-likeness (QED) is 0.587. The minimum absolute atomic E-state index is 0.00795. The Labute approximate surface area is 167 Å². The molecule has 1 amide bonds. The van der Waals surface area contributed by atoms with Crippen LogP contribution in [-0.4, -0.2) is 52.5 Å². The molecule has 0 saturated carbocycles. The van der Waals surface area contributed by atoms with Gasteiger partial charge in [0, 0.05) is 30.4 Å². The van der Waals surface area contributed by atoms with Gasteiger partial charge in [0.2, 0.25) is 5.91 Å². The van der Waals surface area contributed by atoms with E-state index >= 15 is 0 Å². The van der Waals surface area contributed by atoms with Crippen LogP contribution < -0.4 is 4.74 Å². The van der Waals surface area contributed by atoms with Crippen molar-refractivity contribution in [1.82, 2.24) is 19.7 Å². The molecule has 0 fully saturated rings. The van der Waals surface area contributed by atoms with E-state index in [1.54, 1.807) is 26.1 Å². The van der Waals surface area contributed by atoms with Crippen LogP contribution in [0.3, 0.4) is 0 Å². The second-order valence-electron chi connectivity index (χ2n) is 5.93. The molecule has 0 aliphatic heterocycles. The average molecular weight is 403 g/mol. The zero-order chi connectivity index (χ0) is 19.4. The predicted molar refractivity (Wildman–Crippen MR) is 108 cm³/mol. The molecular formula is C19H19ClN4O2S. The van der Waals surface area contributed by atoms with Crippen LogP contribution in [0.1, 0.15) is 0 Å². The Morgan fingerprint density at radius 2 is 1.93 bits per heavy atom. The number of thioether (sulfide) groups is 1. The zero-order valence-electron chi connectivity index (χ0n) is 15.2. The molecule has 2 aromatic carbocycles. The lowest BCUT2D eigenvalue weighted by Crippen LogP contribution is -2.23. The van der Waals surface area contributed by atoms with Crippen LogP contribution in [0.2, 0.25) is 5.02 Å². The maximum Gasteiger partial charge on any atom is 0.232 e. The number of ether oxygens (including phenoxy) is 1. The van der Waals surface area contributed by atoms with E-state index in [0.29, 0.717) is 16.0 Å². The van der Waals surface area contributed by atoms with Crippen LogP contribution in [-0.2, 0) is 4.79 Å². The molecule has 140 valence electrons. The number of amides is 1. The minimum atomic E-state index is 0.00795.